The topological polar surface area (TPSA) is 12.4 Å². The minimum absolute atomic E-state index is 0.555. The van der Waals surface area contributed by atoms with Gasteiger partial charge in [-0.2, -0.15) is 0 Å². The predicted molar refractivity (Wildman–Crippen MR) is 59.5 cm³/mol. The van der Waals surface area contributed by atoms with E-state index in [9.17, 15) is 0 Å². The number of hydrogen-bond donors (Lipinski definition) is 0. The van der Waals surface area contributed by atoms with E-state index in [1.165, 1.54) is 16.2 Å². The molecule has 1 atom stereocenters. The average Bonchev–Trinajstić information content (AvgIpc) is 2.52. The molecule has 0 bridgehead atoms. The zero-order valence-corrected chi connectivity index (χ0v) is 8.77. The molecule has 1 unspecified atom stereocenters. The maximum absolute atomic E-state index is 4.40. The van der Waals surface area contributed by atoms with E-state index < -0.39 is 0 Å². The van der Waals surface area contributed by atoms with Gasteiger partial charge in [0.2, 0.25) is 0 Å². The number of thioether (sulfide) groups is 1. The highest BCUT2D eigenvalue weighted by Gasteiger charge is 2.18. The Hall–Kier alpha value is -0.760. The molecule has 0 aliphatic carbocycles. The summed E-state index contributed by atoms with van der Waals surface area (Å²) >= 11 is 1.88. The van der Waals surface area contributed by atoms with Gasteiger partial charge in [0.25, 0.3) is 0 Å². The first kappa shape index (κ1) is 8.82. The molecule has 0 spiro atoms. The zero-order valence-electron chi connectivity index (χ0n) is 7.95. The van der Waals surface area contributed by atoms with Gasteiger partial charge in [-0.15, -0.1) is 11.8 Å². The lowest BCUT2D eigenvalue weighted by Crippen LogP contribution is -1.93. The monoisotopic (exact) mass is 191 g/mol. The highest BCUT2D eigenvalue weighted by Crippen LogP contribution is 2.34. The van der Waals surface area contributed by atoms with Crippen molar-refractivity contribution in [2.75, 3.05) is 6.54 Å². The van der Waals surface area contributed by atoms with E-state index >= 15 is 0 Å². The molecule has 0 radical (unpaired) electrons. The first-order chi connectivity index (χ1) is 6.25. The lowest BCUT2D eigenvalue weighted by atomic mass is 10.1. The van der Waals surface area contributed by atoms with E-state index in [0.29, 0.717) is 5.25 Å². The molecule has 1 aliphatic heterocycles. The Kier molecular flexibility index (Phi) is 2.40. The van der Waals surface area contributed by atoms with Crippen LogP contribution >= 0.6 is 11.8 Å². The Bertz CT molecular complexity index is 344. The van der Waals surface area contributed by atoms with Crippen LogP contribution in [0.2, 0.25) is 0 Å². The fraction of sp³-hybridized carbons (Fsp3) is 0.364. The normalized spacial score (nSPS) is 21.7. The highest BCUT2D eigenvalue weighted by molar-refractivity contribution is 8.14. The van der Waals surface area contributed by atoms with Gasteiger partial charge in [-0.3, -0.25) is 4.99 Å². The summed E-state index contributed by atoms with van der Waals surface area (Å²) in [6.45, 7) is 5.16. The Labute approximate surface area is 83.3 Å². The van der Waals surface area contributed by atoms with Crippen LogP contribution in [0, 0.1) is 6.92 Å². The number of rotatable bonds is 1. The van der Waals surface area contributed by atoms with Gasteiger partial charge in [-0.25, -0.2) is 0 Å². The number of aryl methyl sites for hydroxylation is 1. The molecule has 1 aromatic carbocycles. The Morgan fingerprint density at radius 3 is 2.85 bits per heavy atom. The summed E-state index contributed by atoms with van der Waals surface area (Å²) in [6, 6.07) is 8.71. The molecule has 0 aromatic heterocycles. The van der Waals surface area contributed by atoms with Crippen LogP contribution in [0.1, 0.15) is 23.3 Å². The maximum Gasteiger partial charge on any atom is 0.0652 e. The molecule has 2 heteroatoms. The van der Waals surface area contributed by atoms with Crippen LogP contribution in [0.5, 0.6) is 0 Å². The minimum Gasteiger partial charge on any atom is -0.282 e. The van der Waals surface area contributed by atoms with Gasteiger partial charge in [-0.1, -0.05) is 29.8 Å². The van der Waals surface area contributed by atoms with Crippen molar-refractivity contribution in [2.45, 2.75) is 19.1 Å². The van der Waals surface area contributed by atoms with Gasteiger partial charge in [0.15, 0.2) is 0 Å². The second-order valence-electron chi connectivity index (χ2n) is 3.38. The highest BCUT2D eigenvalue weighted by atomic mass is 32.2. The van der Waals surface area contributed by atoms with Crippen LogP contribution in [0.25, 0.3) is 0 Å². The summed E-state index contributed by atoms with van der Waals surface area (Å²) in [7, 11) is 0. The predicted octanol–water partition coefficient (Wildman–Crippen LogP) is 3.20. The van der Waals surface area contributed by atoms with Crippen molar-refractivity contribution in [1.82, 2.24) is 0 Å². The molecular formula is C11H13NS. The Balaban J connectivity index is 2.18. The van der Waals surface area contributed by atoms with Gasteiger partial charge in [0.1, 0.15) is 0 Å². The van der Waals surface area contributed by atoms with Crippen molar-refractivity contribution in [1.29, 1.82) is 0 Å². The van der Waals surface area contributed by atoms with E-state index in [1.54, 1.807) is 0 Å². The van der Waals surface area contributed by atoms with Crippen molar-refractivity contribution in [3.63, 3.8) is 0 Å². The van der Waals surface area contributed by atoms with Crippen molar-refractivity contribution < 1.29 is 0 Å². The Morgan fingerprint density at radius 1 is 1.38 bits per heavy atom. The van der Waals surface area contributed by atoms with Crippen molar-refractivity contribution >= 4 is 16.8 Å². The van der Waals surface area contributed by atoms with Gasteiger partial charge >= 0.3 is 0 Å². The quantitative estimate of drug-likeness (QED) is 0.664. The fourth-order valence-electron chi connectivity index (χ4n) is 1.54. The van der Waals surface area contributed by atoms with Gasteiger partial charge in [-0.05, 0) is 19.4 Å². The van der Waals surface area contributed by atoms with E-state index in [1.807, 2.05) is 11.8 Å². The van der Waals surface area contributed by atoms with Gasteiger partial charge in [0, 0.05) is 0 Å². The number of benzene rings is 1. The van der Waals surface area contributed by atoms with E-state index in [2.05, 4.69) is 43.1 Å². The number of aliphatic imine (C=N–C) groups is 1. The molecule has 68 valence electrons. The van der Waals surface area contributed by atoms with Crippen LogP contribution in [-0.2, 0) is 0 Å². The molecule has 0 fully saturated rings. The Morgan fingerprint density at radius 2 is 2.23 bits per heavy atom. The van der Waals surface area contributed by atoms with Gasteiger partial charge < -0.3 is 0 Å². The van der Waals surface area contributed by atoms with Crippen molar-refractivity contribution in [2.24, 2.45) is 4.99 Å². The molecule has 1 aromatic rings. The third kappa shape index (κ3) is 1.94. The molecule has 1 heterocycles. The summed E-state index contributed by atoms with van der Waals surface area (Å²) in [5, 5.41) is 1.77. The molecule has 1 nitrogen and oxygen atoms in total. The molecule has 1 aliphatic rings. The smallest absolute Gasteiger partial charge is 0.0652 e. The third-order valence-corrected chi connectivity index (χ3v) is 3.38. The molecule has 13 heavy (non-hydrogen) atoms. The third-order valence-electron chi connectivity index (χ3n) is 2.21. The van der Waals surface area contributed by atoms with Crippen LogP contribution in [0.15, 0.2) is 29.3 Å². The maximum atomic E-state index is 4.40. The second kappa shape index (κ2) is 3.54. The fourth-order valence-corrected chi connectivity index (χ4v) is 2.53. The van der Waals surface area contributed by atoms with Crippen LogP contribution in [-0.4, -0.2) is 11.6 Å². The largest absolute Gasteiger partial charge is 0.282 e. The lowest BCUT2D eigenvalue weighted by Gasteiger charge is -2.08. The standard InChI is InChI=1S/C11H13NS/c1-8-4-3-5-10(6-8)11-7-12-9(2)13-11/h3-6,11H,7H2,1-2H3. The molecule has 0 N–H and O–H groups in total. The van der Waals surface area contributed by atoms with E-state index in [0.717, 1.165) is 6.54 Å². The summed E-state index contributed by atoms with van der Waals surface area (Å²) in [5.74, 6) is 0. The minimum atomic E-state index is 0.555. The average molecular weight is 191 g/mol. The molecule has 0 saturated carbocycles. The molecule has 0 amide bonds. The summed E-state index contributed by atoms with van der Waals surface area (Å²) < 4.78 is 0. The molecule has 2 rings (SSSR count). The number of nitrogens with zero attached hydrogens (tertiary/aromatic N) is 1. The van der Waals surface area contributed by atoms with Crippen LogP contribution < -0.4 is 0 Å². The lowest BCUT2D eigenvalue weighted by molar-refractivity contribution is 0.963. The van der Waals surface area contributed by atoms with E-state index in [4.69, 9.17) is 0 Å². The number of hydrogen-bond acceptors (Lipinski definition) is 2. The summed E-state index contributed by atoms with van der Waals surface area (Å²) in [5.41, 5.74) is 2.74. The van der Waals surface area contributed by atoms with Gasteiger partial charge in [0.05, 0.1) is 16.8 Å². The SMILES string of the molecule is CC1=NCC(c2cccc(C)c2)S1. The summed E-state index contributed by atoms with van der Waals surface area (Å²) in [6.07, 6.45) is 0. The first-order valence-electron chi connectivity index (χ1n) is 4.50. The van der Waals surface area contributed by atoms with Crippen LogP contribution in [0.4, 0.5) is 0 Å². The van der Waals surface area contributed by atoms with E-state index in [-0.39, 0.29) is 0 Å². The summed E-state index contributed by atoms with van der Waals surface area (Å²) in [4.78, 5) is 4.40. The zero-order chi connectivity index (χ0) is 9.26. The van der Waals surface area contributed by atoms with Crippen LogP contribution in [0.3, 0.4) is 0 Å². The van der Waals surface area contributed by atoms with Crippen molar-refractivity contribution in [3.05, 3.63) is 35.4 Å². The second-order valence-corrected chi connectivity index (χ2v) is 4.78. The molecule has 0 saturated heterocycles. The first-order valence-corrected chi connectivity index (χ1v) is 5.38. The molecular weight excluding hydrogens is 178 g/mol. The van der Waals surface area contributed by atoms with Crippen molar-refractivity contribution in [3.8, 4) is 0 Å².